The normalized spacial score (nSPS) is 19.1. The zero-order valence-corrected chi connectivity index (χ0v) is 12.5. The lowest BCUT2D eigenvalue weighted by Crippen LogP contribution is -2.41. The van der Waals surface area contributed by atoms with Gasteiger partial charge in [0.25, 0.3) is 5.91 Å². The minimum Gasteiger partial charge on any atom is -0.339 e. The maximum atomic E-state index is 12.3. The smallest absolute Gasteiger partial charge is 0.253 e. The van der Waals surface area contributed by atoms with Crippen LogP contribution in [0, 0.1) is 8.99 Å². The number of hydrogen-bond acceptors (Lipinski definition) is 1. The quantitative estimate of drug-likeness (QED) is 0.714. The number of halogens is 1. The minimum absolute atomic E-state index is 0.180. The van der Waals surface area contributed by atoms with Crippen molar-refractivity contribution in [2.45, 2.75) is 26.7 Å². The van der Waals surface area contributed by atoms with Gasteiger partial charge in [-0.25, -0.2) is 0 Å². The van der Waals surface area contributed by atoms with Gasteiger partial charge < -0.3 is 4.90 Å². The zero-order valence-electron chi connectivity index (χ0n) is 10.4. The molecule has 1 heterocycles. The Balaban J connectivity index is 2.07. The van der Waals surface area contributed by atoms with Gasteiger partial charge in [-0.15, -0.1) is 0 Å². The van der Waals surface area contributed by atoms with Gasteiger partial charge in [0, 0.05) is 22.2 Å². The second kappa shape index (κ2) is 4.96. The third-order valence-corrected chi connectivity index (χ3v) is 4.15. The van der Waals surface area contributed by atoms with Crippen LogP contribution in [-0.2, 0) is 0 Å². The molecule has 0 unspecified atom stereocenters. The van der Waals surface area contributed by atoms with Crippen LogP contribution in [-0.4, -0.2) is 23.9 Å². The van der Waals surface area contributed by atoms with Gasteiger partial charge in [0.15, 0.2) is 0 Å². The second-order valence-electron chi connectivity index (χ2n) is 5.47. The van der Waals surface area contributed by atoms with Gasteiger partial charge in [-0.1, -0.05) is 19.9 Å². The molecule has 1 aromatic carbocycles. The van der Waals surface area contributed by atoms with E-state index in [2.05, 4.69) is 36.4 Å². The lowest BCUT2D eigenvalue weighted by molar-refractivity contribution is 0.0630. The molecule has 0 bridgehead atoms. The van der Waals surface area contributed by atoms with E-state index in [0.717, 1.165) is 35.1 Å². The van der Waals surface area contributed by atoms with Crippen LogP contribution in [0.4, 0.5) is 0 Å². The molecule has 1 saturated heterocycles. The molecule has 0 atom stereocenters. The Morgan fingerprint density at radius 3 is 2.53 bits per heavy atom. The maximum Gasteiger partial charge on any atom is 0.253 e. The van der Waals surface area contributed by atoms with E-state index in [9.17, 15) is 4.79 Å². The van der Waals surface area contributed by atoms with E-state index in [1.165, 1.54) is 0 Å². The lowest BCUT2D eigenvalue weighted by atomic mass is 9.82. The molecule has 0 aromatic heterocycles. The van der Waals surface area contributed by atoms with Crippen molar-refractivity contribution in [1.82, 2.24) is 4.90 Å². The molecule has 0 spiro atoms. The molecule has 1 aliphatic rings. The number of piperidine rings is 1. The van der Waals surface area contributed by atoms with E-state index < -0.39 is 0 Å². The molecule has 1 aliphatic heterocycles. The highest BCUT2D eigenvalue weighted by atomic mass is 127. The summed E-state index contributed by atoms with van der Waals surface area (Å²) in [5, 5.41) is 0. The highest BCUT2D eigenvalue weighted by Gasteiger charge is 2.28. The van der Waals surface area contributed by atoms with Crippen molar-refractivity contribution in [2.75, 3.05) is 13.1 Å². The van der Waals surface area contributed by atoms with E-state index in [1.54, 1.807) is 0 Å². The van der Waals surface area contributed by atoms with Crippen molar-refractivity contribution >= 4 is 28.5 Å². The molecule has 3 heteroatoms. The Morgan fingerprint density at radius 1 is 1.29 bits per heavy atom. The van der Waals surface area contributed by atoms with E-state index >= 15 is 0 Å². The fraction of sp³-hybridized carbons (Fsp3) is 0.500. The number of benzene rings is 1. The van der Waals surface area contributed by atoms with Crippen molar-refractivity contribution < 1.29 is 4.79 Å². The number of rotatable bonds is 1. The number of carbonyl (C=O) groups excluding carboxylic acids is 1. The minimum atomic E-state index is 0.180. The largest absolute Gasteiger partial charge is 0.339 e. The predicted octanol–water partition coefficient (Wildman–Crippen LogP) is 3.55. The number of nitrogens with zero attached hydrogens (tertiary/aromatic N) is 1. The second-order valence-corrected chi connectivity index (χ2v) is 6.71. The Morgan fingerprint density at radius 2 is 1.94 bits per heavy atom. The van der Waals surface area contributed by atoms with E-state index in [0.29, 0.717) is 5.41 Å². The van der Waals surface area contributed by atoms with Gasteiger partial charge in [-0.3, -0.25) is 4.79 Å². The van der Waals surface area contributed by atoms with Crippen LogP contribution in [0.1, 0.15) is 37.0 Å². The van der Waals surface area contributed by atoms with E-state index in [1.807, 2.05) is 29.2 Å². The summed E-state index contributed by atoms with van der Waals surface area (Å²) >= 11 is 2.24. The number of likely N-dealkylation sites (tertiary alicyclic amines) is 1. The Hall–Kier alpha value is -0.580. The first-order valence-corrected chi connectivity index (χ1v) is 7.11. The molecule has 0 aliphatic carbocycles. The van der Waals surface area contributed by atoms with Crippen molar-refractivity contribution in [3.8, 4) is 0 Å². The summed E-state index contributed by atoms with van der Waals surface area (Å²) in [4.78, 5) is 14.3. The topological polar surface area (TPSA) is 20.3 Å². The SMILES string of the molecule is CC1(C)CCN(C(=O)c2cccc(I)c2)CC1. The summed E-state index contributed by atoms with van der Waals surface area (Å²) in [6.45, 7) is 6.33. The monoisotopic (exact) mass is 343 g/mol. The number of carbonyl (C=O) groups is 1. The first-order chi connectivity index (χ1) is 7.98. The van der Waals surface area contributed by atoms with Crippen LogP contribution < -0.4 is 0 Å². The fourth-order valence-electron chi connectivity index (χ4n) is 2.12. The summed E-state index contributed by atoms with van der Waals surface area (Å²) in [5.41, 5.74) is 1.21. The Bertz CT molecular complexity index is 418. The molecule has 0 radical (unpaired) electrons. The van der Waals surface area contributed by atoms with Gasteiger partial charge in [-0.05, 0) is 59.0 Å². The molecule has 1 amide bonds. The average Bonchev–Trinajstić information content (AvgIpc) is 2.28. The molecule has 0 N–H and O–H groups in total. The molecule has 2 rings (SSSR count). The standard InChI is InChI=1S/C14H18INO/c1-14(2)6-8-16(9-7-14)13(17)11-4-3-5-12(15)10-11/h3-5,10H,6-9H2,1-2H3. The van der Waals surface area contributed by atoms with Gasteiger partial charge in [-0.2, -0.15) is 0 Å². The summed E-state index contributed by atoms with van der Waals surface area (Å²) in [6, 6.07) is 7.83. The fourth-order valence-corrected chi connectivity index (χ4v) is 2.66. The molecule has 0 saturated carbocycles. The van der Waals surface area contributed by atoms with Gasteiger partial charge >= 0.3 is 0 Å². The summed E-state index contributed by atoms with van der Waals surface area (Å²) in [6.07, 6.45) is 2.20. The van der Waals surface area contributed by atoms with Crippen molar-refractivity contribution in [3.63, 3.8) is 0 Å². The van der Waals surface area contributed by atoms with Gasteiger partial charge in [0.2, 0.25) is 0 Å². The van der Waals surface area contributed by atoms with Gasteiger partial charge in [0.05, 0.1) is 0 Å². The lowest BCUT2D eigenvalue weighted by Gasteiger charge is -2.37. The Labute approximate surface area is 117 Å². The zero-order chi connectivity index (χ0) is 12.5. The molecular weight excluding hydrogens is 325 g/mol. The number of hydrogen-bond donors (Lipinski definition) is 0. The molecule has 1 fully saturated rings. The first-order valence-electron chi connectivity index (χ1n) is 6.03. The maximum absolute atomic E-state index is 12.3. The third kappa shape index (κ3) is 3.21. The number of amides is 1. The van der Waals surface area contributed by atoms with Crippen LogP contribution in [0.5, 0.6) is 0 Å². The Kier molecular flexibility index (Phi) is 3.76. The van der Waals surface area contributed by atoms with Crippen molar-refractivity contribution in [2.24, 2.45) is 5.41 Å². The average molecular weight is 343 g/mol. The van der Waals surface area contributed by atoms with Crippen molar-refractivity contribution in [3.05, 3.63) is 33.4 Å². The van der Waals surface area contributed by atoms with Crippen LogP contribution in [0.15, 0.2) is 24.3 Å². The van der Waals surface area contributed by atoms with Crippen LogP contribution in [0.3, 0.4) is 0 Å². The summed E-state index contributed by atoms with van der Waals surface area (Å²) in [7, 11) is 0. The highest BCUT2D eigenvalue weighted by molar-refractivity contribution is 14.1. The predicted molar refractivity (Wildman–Crippen MR) is 78.1 cm³/mol. The first kappa shape index (κ1) is 12.9. The molecule has 17 heavy (non-hydrogen) atoms. The molecule has 92 valence electrons. The highest BCUT2D eigenvalue weighted by Crippen LogP contribution is 2.30. The molecular formula is C14H18INO. The van der Waals surface area contributed by atoms with Crippen LogP contribution in [0.25, 0.3) is 0 Å². The van der Waals surface area contributed by atoms with E-state index in [-0.39, 0.29) is 5.91 Å². The van der Waals surface area contributed by atoms with Crippen molar-refractivity contribution in [1.29, 1.82) is 0 Å². The summed E-state index contributed by atoms with van der Waals surface area (Å²) < 4.78 is 1.12. The third-order valence-electron chi connectivity index (χ3n) is 3.48. The molecule has 1 aromatic rings. The van der Waals surface area contributed by atoms with E-state index in [4.69, 9.17) is 0 Å². The summed E-state index contributed by atoms with van der Waals surface area (Å²) in [5.74, 6) is 0.180. The van der Waals surface area contributed by atoms with Crippen LogP contribution >= 0.6 is 22.6 Å². The van der Waals surface area contributed by atoms with Gasteiger partial charge in [0.1, 0.15) is 0 Å². The van der Waals surface area contributed by atoms with Crippen LogP contribution in [0.2, 0.25) is 0 Å². The molecule has 2 nitrogen and oxygen atoms in total.